The van der Waals surface area contributed by atoms with Gasteiger partial charge in [0.15, 0.2) is 0 Å². The van der Waals surface area contributed by atoms with Crippen LogP contribution >= 0.6 is 0 Å². The highest BCUT2D eigenvalue weighted by Crippen LogP contribution is 2.38. The molecular formula is C21H27N3O2. The maximum Gasteiger partial charge on any atom is 0.254 e. The molecule has 5 heteroatoms. The van der Waals surface area contributed by atoms with E-state index in [2.05, 4.69) is 47.7 Å². The standard InChI is InChI=1S/C21H27N3O2/c1-4-8-26-24(13(2)3)21(25)15-9-17-16-6-5-7-18-20(16)14(11-22-18)10-19(17)23-12-15/h5-7,9,11,13,15,19,22-23H,4,8,10,12H2,1-3H3/t15-,19-/m1/s1. The van der Waals surface area contributed by atoms with Crippen LogP contribution in [-0.2, 0) is 16.1 Å². The van der Waals surface area contributed by atoms with Gasteiger partial charge in [0.2, 0.25) is 0 Å². The largest absolute Gasteiger partial charge is 0.361 e. The van der Waals surface area contributed by atoms with Gasteiger partial charge in [-0.15, -0.1) is 0 Å². The number of carbonyl (C=O) groups is 1. The molecule has 0 bridgehead atoms. The Morgan fingerprint density at radius 2 is 2.23 bits per heavy atom. The zero-order chi connectivity index (χ0) is 18.3. The van der Waals surface area contributed by atoms with Gasteiger partial charge in [-0.2, -0.15) is 0 Å². The van der Waals surface area contributed by atoms with Crippen LogP contribution in [-0.4, -0.2) is 41.2 Å². The van der Waals surface area contributed by atoms with E-state index in [-0.39, 0.29) is 23.9 Å². The molecule has 1 amide bonds. The third-order valence-corrected chi connectivity index (χ3v) is 5.30. The van der Waals surface area contributed by atoms with Crippen LogP contribution in [0.5, 0.6) is 0 Å². The Morgan fingerprint density at radius 1 is 1.38 bits per heavy atom. The van der Waals surface area contributed by atoms with E-state index in [1.807, 2.05) is 13.8 Å². The van der Waals surface area contributed by atoms with Crippen LogP contribution in [0.3, 0.4) is 0 Å². The smallest absolute Gasteiger partial charge is 0.254 e. The van der Waals surface area contributed by atoms with E-state index in [1.165, 1.54) is 27.6 Å². The third kappa shape index (κ3) is 2.85. The number of benzene rings is 1. The highest BCUT2D eigenvalue weighted by Gasteiger charge is 2.34. The topological polar surface area (TPSA) is 57.4 Å². The summed E-state index contributed by atoms with van der Waals surface area (Å²) in [7, 11) is 0. The second-order valence-corrected chi connectivity index (χ2v) is 7.53. The predicted molar refractivity (Wildman–Crippen MR) is 103 cm³/mol. The number of hydrogen-bond acceptors (Lipinski definition) is 3. The first-order valence-corrected chi connectivity index (χ1v) is 9.60. The third-order valence-electron chi connectivity index (χ3n) is 5.30. The van der Waals surface area contributed by atoms with Gasteiger partial charge in [0.05, 0.1) is 18.6 Å². The molecule has 4 rings (SSSR count). The van der Waals surface area contributed by atoms with Gasteiger partial charge in [-0.3, -0.25) is 9.63 Å². The Hall–Kier alpha value is -2.11. The van der Waals surface area contributed by atoms with Crippen molar-refractivity contribution in [2.45, 2.75) is 45.7 Å². The van der Waals surface area contributed by atoms with Crippen molar-refractivity contribution in [3.8, 4) is 0 Å². The summed E-state index contributed by atoms with van der Waals surface area (Å²) in [6.07, 6.45) is 6.13. The molecule has 1 aromatic carbocycles. The summed E-state index contributed by atoms with van der Waals surface area (Å²) in [6.45, 7) is 7.26. The van der Waals surface area contributed by atoms with Crippen molar-refractivity contribution in [1.29, 1.82) is 0 Å². The number of fused-ring (bicyclic) bond motifs is 2. The van der Waals surface area contributed by atoms with Crippen LogP contribution in [0.15, 0.2) is 30.5 Å². The molecule has 1 aliphatic carbocycles. The molecule has 0 unspecified atom stereocenters. The number of carbonyl (C=O) groups excluding carboxylic acids is 1. The van der Waals surface area contributed by atoms with Gasteiger partial charge in [0, 0.05) is 29.7 Å². The van der Waals surface area contributed by atoms with Crippen molar-refractivity contribution >= 4 is 22.4 Å². The molecule has 2 aliphatic rings. The lowest BCUT2D eigenvalue weighted by molar-refractivity contribution is -0.199. The van der Waals surface area contributed by atoms with Crippen LogP contribution in [0.25, 0.3) is 16.5 Å². The van der Waals surface area contributed by atoms with E-state index >= 15 is 0 Å². The zero-order valence-corrected chi connectivity index (χ0v) is 15.7. The second kappa shape index (κ2) is 6.89. The molecule has 0 fully saturated rings. The number of nitrogens with one attached hydrogen (secondary N) is 2. The van der Waals surface area contributed by atoms with E-state index in [1.54, 1.807) is 5.06 Å². The molecule has 0 radical (unpaired) electrons. The Labute approximate surface area is 154 Å². The molecule has 2 atom stereocenters. The Bertz CT molecular complexity index is 852. The normalized spacial score (nSPS) is 21.6. The van der Waals surface area contributed by atoms with Gasteiger partial charge < -0.3 is 10.3 Å². The quantitative estimate of drug-likeness (QED) is 0.811. The predicted octanol–water partition coefficient (Wildman–Crippen LogP) is 3.27. The van der Waals surface area contributed by atoms with Gasteiger partial charge in [-0.05, 0) is 49.5 Å². The molecule has 1 aromatic heterocycles. The highest BCUT2D eigenvalue weighted by molar-refractivity contribution is 5.99. The number of hydrogen-bond donors (Lipinski definition) is 2. The first-order valence-electron chi connectivity index (χ1n) is 9.60. The molecule has 2 heterocycles. The minimum Gasteiger partial charge on any atom is -0.361 e. The summed E-state index contributed by atoms with van der Waals surface area (Å²) in [5.74, 6) is -0.157. The number of hydroxylamine groups is 2. The molecular weight excluding hydrogens is 326 g/mol. The highest BCUT2D eigenvalue weighted by atomic mass is 16.7. The molecule has 0 spiro atoms. The molecule has 0 saturated carbocycles. The molecule has 0 saturated heterocycles. The van der Waals surface area contributed by atoms with E-state index in [0.29, 0.717) is 13.2 Å². The van der Waals surface area contributed by atoms with Gasteiger partial charge in [-0.25, -0.2) is 5.06 Å². The van der Waals surface area contributed by atoms with Crippen LogP contribution in [0.2, 0.25) is 0 Å². The summed E-state index contributed by atoms with van der Waals surface area (Å²) < 4.78 is 0. The molecule has 2 aromatic rings. The summed E-state index contributed by atoms with van der Waals surface area (Å²) in [5, 5.41) is 6.44. The lowest BCUT2D eigenvalue weighted by atomic mass is 9.80. The van der Waals surface area contributed by atoms with Crippen LogP contribution < -0.4 is 5.32 Å². The van der Waals surface area contributed by atoms with E-state index in [9.17, 15) is 4.79 Å². The first-order chi connectivity index (χ1) is 12.6. The lowest BCUT2D eigenvalue weighted by Gasteiger charge is -2.35. The Kier molecular flexibility index (Phi) is 4.59. The number of nitrogens with zero attached hydrogens (tertiary/aromatic N) is 1. The maximum absolute atomic E-state index is 13.1. The number of amides is 1. The fraction of sp³-hybridized carbons (Fsp3) is 0.476. The first kappa shape index (κ1) is 17.3. The SMILES string of the molecule is CCCON(C(=O)[C@@H]1C=C2c3cccc4[nH]cc(c34)C[C@H]2NC1)C(C)C. The van der Waals surface area contributed by atoms with Crippen LogP contribution in [0, 0.1) is 5.92 Å². The van der Waals surface area contributed by atoms with E-state index in [0.717, 1.165) is 12.8 Å². The fourth-order valence-electron chi connectivity index (χ4n) is 4.09. The van der Waals surface area contributed by atoms with Crippen molar-refractivity contribution in [2.24, 2.45) is 5.92 Å². The van der Waals surface area contributed by atoms with Crippen molar-refractivity contribution in [1.82, 2.24) is 15.4 Å². The summed E-state index contributed by atoms with van der Waals surface area (Å²) in [6, 6.07) is 6.66. The average Bonchev–Trinajstić information content (AvgIpc) is 3.06. The van der Waals surface area contributed by atoms with Crippen molar-refractivity contribution in [3.05, 3.63) is 41.6 Å². The zero-order valence-electron chi connectivity index (χ0n) is 15.7. The van der Waals surface area contributed by atoms with Gasteiger partial charge in [0.25, 0.3) is 5.91 Å². The van der Waals surface area contributed by atoms with Gasteiger partial charge >= 0.3 is 0 Å². The Morgan fingerprint density at radius 3 is 3.00 bits per heavy atom. The number of H-pyrrole nitrogens is 1. The molecule has 1 aliphatic heterocycles. The lowest BCUT2D eigenvalue weighted by Crippen LogP contribution is -2.48. The number of aromatic amines is 1. The fourth-order valence-corrected chi connectivity index (χ4v) is 4.09. The van der Waals surface area contributed by atoms with Crippen molar-refractivity contribution < 1.29 is 9.63 Å². The van der Waals surface area contributed by atoms with E-state index in [4.69, 9.17) is 4.84 Å². The van der Waals surface area contributed by atoms with Gasteiger partial charge in [-0.1, -0.05) is 25.1 Å². The van der Waals surface area contributed by atoms with Crippen LogP contribution in [0.4, 0.5) is 0 Å². The molecule has 5 nitrogen and oxygen atoms in total. The minimum atomic E-state index is -0.198. The summed E-state index contributed by atoms with van der Waals surface area (Å²) in [4.78, 5) is 22.2. The van der Waals surface area contributed by atoms with Gasteiger partial charge in [0.1, 0.15) is 0 Å². The molecule has 26 heavy (non-hydrogen) atoms. The Balaban J connectivity index is 1.67. The van der Waals surface area contributed by atoms with Crippen molar-refractivity contribution in [2.75, 3.05) is 13.2 Å². The monoisotopic (exact) mass is 353 g/mol. The molecule has 2 N–H and O–H groups in total. The number of rotatable bonds is 5. The average molecular weight is 353 g/mol. The minimum absolute atomic E-state index is 0.0243. The second-order valence-electron chi connectivity index (χ2n) is 7.53. The molecule has 138 valence electrons. The van der Waals surface area contributed by atoms with E-state index < -0.39 is 0 Å². The van der Waals surface area contributed by atoms with Crippen LogP contribution in [0.1, 0.15) is 38.3 Å². The summed E-state index contributed by atoms with van der Waals surface area (Å²) >= 11 is 0. The number of aromatic nitrogens is 1. The van der Waals surface area contributed by atoms with Crippen molar-refractivity contribution in [3.63, 3.8) is 0 Å². The maximum atomic E-state index is 13.1. The summed E-state index contributed by atoms with van der Waals surface area (Å²) in [5.41, 5.74) is 5.00.